The van der Waals surface area contributed by atoms with Gasteiger partial charge >= 0.3 is 0 Å². The molecule has 0 saturated carbocycles. The van der Waals surface area contributed by atoms with Crippen molar-refractivity contribution < 1.29 is 14.5 Å². The van der Waals surface area contributed by atoms with Gasteiger partial charge < -0.3 is 10.1 Å². The zero-order valence-corrected chi connectivity index (χ0v) is 16.2. The molecule has 1 aliphatic heterocycles. The minimum Gasteiger partial charge on any atom is -0.495 e. The number of nitro groups is 1. The van der Waals surface area contributed by atoms with Crippen LogP contribution >= 0.6 is 0 Å². The molecule has 7 nitrogen and oxygen atoms in total. The van der Waals surface area contributed by atoms with Crippen LogP contribution in [-0.2, 0) is 11.3 Å². The first-order valence-corrected chi connectivity index (χ1v) is 9.38. The van der Waals surface area contributed by atoms with Crippen molar-refractivity contribution in [2.75, 3.05) is 25.5 Å². The largest absolute Gasteiger partial charge is 0.495 e. The van der Waals surface area contributed by atoms with Crippen molar-refractivity contribution in [3.05, 3.63) is 63.7 Å². The van der Waals surface area contributed by atoms with Crippen LogP contribution < -0.4 is 10.1 Å². The van der Waals surface area contributed by atoms with Gasteiger partial charge in [-0.25, -0.2) is 0 Å². The van der Waals surface area contributed by atoms with Gasteiger partial charge in [0.25, 0.3) is 5.69 Å². The number of carbonyl (C=O) groups is 1. The number of rotatable bonds is 6. The maximum atomic E-state index is 12.8. The van der Waals surface area contributed by atoms with E-state index in [1.165, 1.54) is 36.4 Å². The summed E-state index contributed by atoms with van der Waals surface area (Å²) in [4.78, 5) is 25.7. The molecule has 0 spiro atoms. The van der Waals surface area contributed by atoms with E-state index in [2.05, 4.69) is 29.3 Å². The third-order valence-corrected chi connectivity index (χ3v) is 5.18. The van der Waals surface area contributed by atoms with Gasteiger partial charge in [-0.15, -0.1) is 0 Å². The van der Waals surface area contributed by atoms with E-state index in [1.807, 2.05) is 12.1 Å². The highest BCUT2D eigenvalue weighted by Gasteiger charge is 2.27. The smallest absolute Gasteiger partial charge is 0.271 e. The number of amides is 1. The maximum Gasteiger partial charge on any atom is 0.271 e. The predicted octanol–water partition coefficient (Wildman–Crippen LogP) is 3.76. The molecule has 1 saturated heterocycles. The number of non-ortho nitro benzene ring substituents is 1. The molecule has 0 aromatic heterocycles. The Morgan fingerprint density at radius 3 is 2.82 bits per heavy atom. The van der Waals surface area contributed by atoms with E-state index in [4.69, 9.17) is 4.74 Å². The maximum absolute atomic E-state index is 12.8. The Morgan fingerprint density at radius 2 is 2.11 bits per heavy atom. The lowest BCUT2D eigenvalue weighted by molar-refractivity contribution is -0.384. The second-order valence-corrected chi connectivity index (χ2v) is 7.13. The number of hydrogen-bond donors (Lipinski definition) is 1. The number of aryl methyl sites for hydroxylation is 1. The summed E-state index contributed by atoms with van der Waals surface area (Å²) in [5.74, 6) is 0.113. The first-order valence-electron chi connectivity index (χ1n) is 9.38. The van der Waals surface area contributed by atoms with Crippen molar-refractivity contribution in [3.8, 4) is 5.75 Å². The lowest BCUT2D eigenvalue weighted by atomic mass is 9.96. The second kappa shape index (κ2) is 8.84. The number of nitrogens with zero attached hydrogens (tertiary/aromatic N) is 2. The normalized spacial score (nSPS) is 17.1. The summed E-state index contributed by atoms with van der Waals surface area (Å²) < 4.78 is 5.23. The summed E-state index contributed by atoms with van der Waals surface area (Å²) in [7, 11) is 1.47. The number of benzene rings is 2. The molecule has 1 N–H and O–H groups in total. The van der Waals surface area contributed by atoms with Crippen molar-refractivity contribution in [1.29, 1.82) is 0 Å². The topological polar surface area (TPSA) is 84.7 Å². The lowest BCUT2D eigenvalue weighted by Gasteiger charge is -2.32. The van der Waals surface area contributed by atoms with Crippen LogP contribution in [0.5, 0.6) is 5.75 Å². The van der Waals surface area contributed by atoms with Gasteiger partial charge in [-0.2, -0.15) is 0 Å². The number of piperidine rings is 1. The molecule has 3 rings (SSSR count). The Morgan fingerprint density at radius 1 is 1.32 bits per heavy atom. The van der Waals surface area contributed by atoms with Gasteiger partial charge in [-0.3, -0.25) is 19.8 Å². The molecule has 0 aliphatic carbocycles. The summed E-state index contributed by atoms with van der Waals surface area (Å²) in [5.41, 5.74) is 2.76. The Labute approximate surface area is 164 Å². The van der Waals surface area contributed by atoms with Gasteiger partial charge in [-0.05, 0) is 43.5 Å². The van der Waals surface area contributed by atoms with Gasteiger partial charge in [-0.1, -0.05) is 24.3 Å². The summed E-state index contributed by atoms with van der Waals surface area (Å²) in [6.07, 6.45) is 1.74. The SMILES string of the molecule is COc1ccc([N+](=O)[O-])cc1NC(=O)C1CCCN(Cc2ccccc2C)C1. The molecule has 28 heavy (non-hydrogen) atoms. The molecule has 1 unspecified atom stereocenters. The van der Waals surface area contributed by atoms with E-state index in [9.17, 15) is 14.9 Å². The first kappa shape index (κ1) is 19.8. The van der Waals surface area contributed by atoms with Crippen LogP contribution in [0.1, 0.15) is 24.0 Å². The third-order valence-electron chi connectivity index (χ3n) is 5.18. The molecule has 1 amide bonds. The summed E-state index contributed by atoms with van der Waals surface area (Å²) >= 11 is 0. The molecule has 2 aromatic carbocycles. The highest BCUT2D eigenvalue weighted by atomic mass is 16.6. The molecule has 1 heterocycles. The predicted molar refractivity (Wildman–Crippen MR) is 107 cm³/mol. The highest BCUT2D eigenvalue weighted by molar-refractivity contribution is 5.94. The summed E-state index contributed by atoms with van der Waals surface area (Å²) in [5, 5.41) is 13.9. The van der Waals surface area contributed by atoms with Crippen LogP contribution in [-0.4, -0.2) is 35.9 Å². The monoisotopic (exact) mass is 383 g/mol. The molecule has 0 radical (unpaired) electrons. The minimum atomic E-state index is -0.486. The summed E-state index contributed by atoms with van der Waals surface area (Å²) in [6, 6.07) is 12.5. The van der Waals surface area contributed by atoms with Crippen LogP contribution in [0.4, 0.5) is 11.4 Å². The van der Waals surface area contributed by atoms with E-state index in [-0.39, 0.29) is 17.5 Å². The first-order chi connectivity index (χ1) is 13.5. The number of nitro benzene ring substituents is 1. The molecular weight excluding hydrogens is 358 g/mol. The number of likely N-dealkylation sites (tertiary alicyclic amines) is 1. The lowest BCUT2D eigenvalue weighted by Crippen LogP contribution is -2.40. The van der Waals surface area contributed by atoms with Gasteiger partial charge in [0.15, 0.2) is 0 Å². The molecule has 1 atom stereocenters. The van der Waals surface area contributed by atoms with Crippen molar-refractivity contribution in [2.24, 2.45) is 5.92 Å². The quantitative estimate of drug-likeness (QED) is 0.606. The fraction of sp³-hybridized carbons (Fsp3) is 0.381. The van der Waals surface area contributed by atoms with E-state index < -0.39 is 4.92 Å². The number of carbonyl (C=O) groups excluding carboxylic acids is 1. The van der Waals surface area contributed by atoms with Crippen LogP contribution in [0.3, 0.4) is 0 Å². The van der Waals surface area contributed by atoms with E-state index in [1.54, 1.807) is 0 Å². The van der Waals surface area contributed by atoms with Crippen molar-refractivity contribution in [1.82, 2.24) is 4.90 Å². The molecule has 2 aromatic rings. The number of ether oxygens (including phenoxy) is 1. The Bertz CT molecular complexity index is 868. The average Bonchev–Trinajstić information content (AvgIpc) is 2.70. The van der Waals surface area contributed by atoms with Crippen LogP contribution in [0.25, 0.3) is 0 Å². The van der Waals surface area contributed by atoms with Crippen molar-refractivity contribution in [3.63, 3.8) is 0 Å². The van der Waals surface area contributed by atoms with Crippen LogP contribution in [0, 0.1) is 23.0 Å². The second-order valence-electron chi connectivity index (χ2n) is 7.13. The van der Waals surface area contributed by atoms with Crippen LogP contribution in [0.15, 0.2) is 42.5 Å². The summed E-state index contributed by atoms with van der Waals surface area (Å²) in [6.45, 7) is 4.53. The number of methoxy groups -OCH3 is 1. The van der Waals surface area contributed by atoms with E-state index in [0.29, 0.717) is 18.0 Å². The molecule has 1 fully saturated rings. The fourth-order valence-electron chi connectivity index (χ4n) is 3.58. The molecule has 148 valence electrons. The highest BCUT2D eigenvalue weighted by Crippen LogP contribution is 2.30. The van der Waals surface area contributed by atoms with E-state index >= 15 is 0 Å². The van der Waals surface area contributed by atoms with Gasteiger partial charge in [0.05, 0.1) is 23.6 Å². The van der Waals surface area contributed by atoms with Gasteiger partial charge in [0.2, 0.25) is 5.91 Å². The van der Waals surface area contributed by atoms with Crippen molar-refractivity contribution in [2.45, 2.75) is 26.3 Å². The zero-order valence-electron chi connectivity index (χ0n) is 16.2. The van der Waals surface area contributed by atoms with Crippen molar-refractivity contribution >= 4 is 17.3 Å². The third kappa shape index (κ3) is 4.67. The zero-order chi connectivity index (χ0) is 20.1. The Kier molecular flexibility index (Phi) is 6.26. The Balaban J connectivity index is 1.68. The number of anilines is 1. The Hall–Kier alpha value is -2.93. The average molecular weight is 383 g/mol. The van der Waals surface area contributed by atoms with Gasteiger partial charge in [0.1, 0.15) is 5.75 Å². The molecule has 1 aliphatic rings. The van der Waals surface area contributed by atoms with Gasteiger partial charge in [0, 0.05) is 25.2 Å². The molecular formula is C21H25N3O4. The minimum absolute atomic E-state index is 0.0825. The van der Waals surface area contributed by atoms with Crippen LogP contribution in [0.2, 0.25) is 0 Å². The standard InChI is InChI=1S/C21H25N3O4/c1-15-6-3-4-7-16(15)13-23-11-5-8-17(14-23)21(25)22-19-12-18(24(26)27)9-10-20(19)28-2/h3-4,6-7,9-10,12,17H,5,8,11,13-14H2,1-2H3,(H,22,25). The number of hydrogen-bond acceptors (Lipinski definition) is 5. The molecule has 0 bridgehead atoms. The number of nitrogens with one attached hydrogen (secondary N) is 1. The fourth-order valence-corrected chi connectivity index (χ4v) is 3.58. The molecule has 7 heteroatoms. The van der Waals surface area contributed by atoms with E-state index in [0.717, 1.165) is 25.9 Å².